The Morgan fingerprint density at radius 2 is 1.81 bits per heavy atom. The Kier molecular flexibility index (Phi) is 9.12. The Labute approximate surface area is 226 Å². The molecule has 2 fully saturated rings. The third-order valence-corrected chi connectivity index (χ3v) is 8.75. The van der Waals surface area contributed by atoms with Gasteiger partial charge in [-0.25, -0.2) is 4.39 Å². The summed E-state index contributed by atoms with van der Waals surface area (Å²) in [5.74, 6) is 0.755. The van der Waals surface area contributed by atoms with Crippen molar-refractivity contribution >= 4 is 24.2 Å². The molecule has 1 aromatic carbocycles. The van der Waals surface area contributed by atoms with Crippen LogP contribution in [0.5, 0.6) is 0 Å². The highest BCUT2D eigenvalue weighted by atomic mass is 35.5. The Balaban J connectivity index is 0.00000320. The van der Waals surface area contributed by atoms with E-state index in [1.807, 2.05) is 18.2 Å². The van der Waals surface area contributed by atoms with Crippen molar-refractivity contribution in [3.05, 3.63) is 47.5 Å². The van der Waals surface area contributed by atoms with E-state index in [0.29, 0.717) is 25.4 Å². The lowest BCUT2D eigenvalue weighted by atomic mass is 9.76. The molecule has 5 nitrogen and oxygen atoms in total. The first kappa shape index (κ1) is 27.8. The lowest BCUT2D eigenvalue weighted by molar-refractivity contribution is -0.153. The predicted octanol–water partition coefficient (Wildman–Crippen LogP) is 6.57. The maximum Gasteiger partial charge on any atom is 0.229 e. The topological polar surface area (TPSA) is 53.8 Å². The SMILES string of the molecule is CCCN(CCCCN1C(=O)CC2(CCCC2)CC1=O)[C@@H]1CCc2c(F)ccc(-c3ccco3)c2C1.Cl. The average Bonchev–Trinajstić information content (AvgIpc) is 3.55. The molecule has 0 unspecified atom stereocenters. The molecule has 1 saturated carbocycles. The highest BCUT2D eigenvalue weighted by molar-refractivity contribution is 5.98. The molecule has 5 rings (SSSR count). The van der Waals surface area contributed by atoms with Gasteiger partial charge in [0.1, 0.15) is 11.6 Å². The first-order valence-corrected chi connectivity index (χ1v) is 13.9. The summed E-state index contributed by atoms with van der Waals surface area (Å²) in [6, 6.07) is 7.59. The Bertz CT molecular complexity index is 1060. The molecule has 1 saturated heterocycles. The van der Waals surface area contributed by atoms with E-state index in [1.54, 1.807) is 12.3 Å². The van der Waals surface area contributed by atoms with Gasteiger partial charge in [-0.1, -0.05) is 19.8 Å². The van der Waals surface area contributed by atoms with E-state index in [2.05, 4.69) is 11.8 Å². The number of unbranched alkanes of at least 4 members (excludes halogenated alkanes) is 1. The van der Waals surface area contributed by atoms with Crippen LogP contribution in [-0.2, 0) is 22.4 Å². The number of amides is 2. The van der Waals surface area contributed by atoms with Crippen LogP contribution in [0.3, 0.4) is 0 Å². The quantitative estimate of drug-likeness (QED) is 0.272. The third kappa shape index (κ3) is 5.96. The molecule has 2 aromatic rings. The van der Waals surface area contributed by atoms with E-state index in [9.17, 15) is 14.0 Å². The molecule has 2 aliphatic carbocycles. The van der Waals surface area contributed by atoms with Crippen molar-refractivity contribution in [1.29, 1.82) is 0 Å². The fraction of sp³-hybridized carbons (Fsp3) is 0.600. The van der Waals surface area contributed by atoms with Gasteiger partial charge in [-0.3, -0.25) is 14.5 Å². The lowest BCUT2D eigenvalue weighted by Crippen LogP contribution is -2.47. The Hall–Kier alpha value is -2.18. The van der Waals surface area contributed by atoms with Gasteiger partial charge in [-0.15, -0.1) is 12.4 Å². The van der Waals surface area contributed by atoms with E-state index in [1.165, 1.54) is 4.90 Å². The minimum absolute atomic E-state index is 0. The van der Waals surface area contributed by atoms with Gasteiger partial charge < -0.3 is 9.32 Å². The lowest BCUT2D eigenvalue weighted by Gasteiger charge is -2.38. The Morgan fingerprint density at radius 1 is 1.05 bits per heavy atom. The molecular weight excluding hydrogens is 491 g/mol. The zero-order valence-corrected chi connectivity index (χ0v) is 22.8. The first-order valence-electron chi connectivity index (χ1n) is 13.9. The number of furan rings is 1. The van der Waals surface area contributed by atoms with E-state index in [0.717, 1.165) is 99.7 Å². The number of rotatable bonds is 9. The molecular formula is C30H40ClFN2O3. The fourth-order valence-electron chi connectivity index (χ4n) is 6.90. The summed E-state index contributed by atoms with van der Waals surface area (Å²) in [6.45, 7) is 4.66. The number of carbonyl (C=O) groups excluding carboxylic acids is 2. The molecule has 1 atom stereocenters. The molecule has 37 heavy (non-hydrogen) atoms. The van der Waals surface area contributed by atoms with Gasteiger partial charge in [0, 0.05) is 31.0 Å². The van der Waals surface area contributed by atoms with Crippen molar-refractivity contribution in [3.8, 4) is 11.3 Å². The second-order valence-corrected chi connectivity index (χ2v) is 11.2. The van der Waals surface area contributed by atoms with Crippen LogP contribution >= 0.6 is 12.4 Å². The largest absolute Gasteiger partial charge is 0.464 e. The summed E-state index contributed by atoms with van der Waals surface area (Å²) in [5, 5.41) is 0. The summed E-state index contributed by atoms with van der Waals surface area (Å²) in [5.41, 5.74) is 2.87. The molecule has 2 heterocycles. The third-order valence-electron chi connectivity index (χ3n) is 8.75. The molecule has 1 aromatic heterocycles. The zero-order valence-electron chi connectivity index (χ0n) is 22.0. The summed E-state index contributed by atoms with van der Waals surface area (Å²) < 4.78 is 20.3. The molecule has 1 spiro atoms. The van der Waals surface area contributed by atoms with Crippen LogP contribution in [0, 0.1) is 11.2 Å². The standard InChI is InChI=1S/C30H39FN2O3.ClH/c1-2-15-32(16-5-6-17-33-28(34)20-30(21-29(33)35)13-3-4-14-30)22-9-10-23-25(19-22)24(11-12-26(23)31)27-8-7-18-36-27;/h7-8,11-12,18,22H,2-6,9-10,13-17,19-21H2,1H3;1H/t22-;/m1./s1. The minimum Gasteiger partial charge on any atom is -0.464 e. The van der Waals surface area contributed by atoms with Gasteiger partial charge in [0.05, 0.1) is 6.26 Å². The fourth-order valence-corrected chi connectivity index (χ4v) is 6.90. The predicted molar refractivity (Wildman–Crippen MR) is 145 cm³/mol. The number of benzene rings is 1. The van der Waals surface area contributed by atoms with Gasteiger partial charge in [0.15, 0.2) is 0 Å². The second-order valence-electron chi connectivity index (χ2n) is 11.2. The van der Waals surface area contributed by atoms with Crippen LogP contribution in [0.15, 0.2) is 34.9 Å². The summed E-state index contributed by atoms with van der Waals surface area (Å²) in [4.78, 5) is 29.6. The van der Waals surface area contributed by atoms with Crippen molar-refractivity contribution in [2.75, 3.05) is 19.6 Å². The number of halogens is 2. The van der Waals surface area contributed by atoms with Gasteiger partial charge >= 0.3 is 0 Å². The van der Waals surface area contributed by atoms with E-state index < -0.39 is 0 Å². The second kappa shape index (κ2) is 12.1. The number of imide groups is 1. The van der Waals surface area contributed by atoms with Crippen molar-refractivity contribution in [1.82, 2.24) is 9.80 Å². The maximum absolute atomic E-state index is 14.7. The van der Waals surface area contributed by atoms with Gasteiger partial charge in [0.2, 0.25) is 11.8 Å². The smallest absolute Gasteiger partial charge is 0.229 e. The molecule has 0 bridgehead atoms. The van der Waals surface area contributed by atoms with Crippen LogP contribution in [0.4, 0.5) is 4.39 Å². The van der Waals surface area contributed by atoms with Crippen molar-refractivity contribution in [2.45, 2.75) is 90.0 Å². The molecule has 0 radical (unpaired) electrons. The van der Waals surface area contributed by atoms with E-state index >= 15 is 0 Å². The van der Waals surface area contributed by atoms with Crippen molar-refractivity contribution in [2.24, 2.45) is 5.41 Å². The van der Waals surface area contributed by atoms with Crippen molar-refractivity contribution in [3.63, 3.8) is 0 Å². The number of piperidine rings is 1. The number of hydrogen-bond acceptors (Lipinski definition) is 4. The first-order chi connectivity index (χ1) is 17.5. The summed E-state index contributed by atoms with van der Waals surface area (Å²) >= 11 is 0. The maximum atomic E-state index is 14.7. The monoisotopic (exact) mass is 530 g/mol. The Morgan fingerprint density at radius 3 is 2.49 bits per heavy atom. The van der Waals surface area contributed by atoms with E-state index in [-0.39, 0.29) is 35.5 Å². The number of carbonyl (C=O) groups is 2. The molecule has 2 amide bonds. The normalized spacial score (nSPS) is 20.9. The number of fused-ring (bicyclic) bond motifs is 1. The van der Waals surface area contributed by atoms with Gasteiger partial charge in [-0.2, -0.15) is 0 Å². The zero-order chi connectivity index (χ0) is 25.1. The van der Waals surface area contributed by atoms with Crippen LogP contribution in [0.2, 0.25) is 0 Å². The van der Waals surface area contributed by atoms with E-state index in [4.69, 9.17) is 4.42 Å². The highest BCUT2D eigenvalue weighted by Crippen LogP contribution is 2.47. The average molecular weight is 531 g/mol. The molecule has 202 valence electrons. The van der Waals surface area contributed by atoms with Crippen LogP contribution in [-0.4, -0.2) is 47.3 Å². The van der Waals surface area contributed by atoms with Crippen LogP contribution < -0.4 is 0 Å². The van der Waals surface area contributed by atoms with Gasteiger partial charge in [0.25, 0.3) is 0 Å². The summed E-state index contributed by atoms with van der Waals surface area (Å²) in [7, 11) is 0. The summed E-state index contributed by atoms with van der Waals surface area (Å²) in [6.07, 6.45) is 12.4. The van der Waals surface area contributed by atoms with Crippen LogP contribution in [0.25, 0.3) is 11.3 Å². The molecule has 1 aliphatic heterocycles. The minimum atomic E-state index is -0.115. The molecule has 0 N–H and O–H groups in total. The van der Waals surface area contributed by atoms with Crippen LogP contribution in [0.1, 0.15) is 82.3 Å². The molecule has 7 heteroatoms. The highest BCUT2D eigenvalue weighted by Gasteiger charge is 2.44. The number of likely N-dealkylation sites (tertiary alicyclic amines) is 1. The van der Waals surface area contributed by atoms with Gasteiger partial charge in [-0.05, 0) is 105 Å². The molecule has 3 aliphatic rings. The number of nitrogens with zero attached hydrogens (tertiary/aromatic N) is 2. The van der Waals surface area contributed by atoms with Crippen molar-refractivity contribution < 1.29 is 18.4 Å². The number of hydrogen-bond donors (Lipinski definition) is 0.